The summed E-state index contributed by atoms with van der Waals surface area (Å²) >= 11 is 0. The highest BCUT2D eigenvalue weighted by Crippen LogP contribution is 2.31. The Balaban J connectivity index is 1.79. The molecule has 2 aliphatic heterocycles. The van der Waals surface area contributed by atoms with Gasteiger partial charge < -0.3 is 10.0 Å². The summed E-state index contributed by atoms with van der Waals surface area (Å²) in [7, 11) is 0. The lowest BCUT2D eigenvalue weighted by Crippen LogP contribution is -2.52. The molecule has 0 radical (unpaired) electrons. The summed E-state index contributed by atoms with van der Waals surface area (Å²) < 4.78 is 51.7. The number of halogens is 4. The van der Waals surface area contributed by atoms with Crippen molar-refractivity contribution in [3.8, 4) is 0 Å². The van der Waals surface area contributed by atoms with Crippen LogP contribution in [-0.2, 0) is 6.18 Å². The average molecular weight is 332 g/mol. The largest absolute Gasteiger partial charge is 0.416 e. The van der Waals surface area contributed by atoms with E-state index in [1.807, 2.05) is 0 Å². The maximum absolute atomic E-state index is 13.4. The number of fused-ring (bicyclic) bond motifs is 1. The number of alkyl halides is 3. The lowest BCUT2D eigenvalue weighted by Gasteiger charge is -2.37. The second-order valence-electron chi connectivity index (χ2n) is 6.02. The van der Waals surface area contributed by atoms with Crippen molar-refractivity contribution in [1.29, 1.82) is 0 Å². The molecule has 0 aliphatic carbocycles. The Morgan fingerprint density at radius 3 is 2.61 bits per heavy atom. The Kier molecular flexibility index (Phi) is 4.05. The Bertz CT molecular complexity index is 620. The monoisotopic (exact) mass is 332 g/mol. The van der Waals surface area contributed by atoms with Gasteiger partial charge in [-0.05, 0) is 24.6 Å². The van der Waals surface area contributed by atoms with Crippen molar-refractivity contribution in [1.82, 2.24) is 9.80 Å². The Labute approximate surface area is 130 Å². The van der Waals surface area contributed by atoms with Crippen molar-refractivity contribution in [2.24, 2.45) is 0 Å². The second kappa shape index (κ2) is 5.76. The summed E-state index contributed by atoms with van der Waals surface area (Å²) in [6.45, 7) is 1.77. The van der Waals surface area contributed by atoms with E-state index in [-0.39, 0.29) is 11.6 Å². The van der Waals surface area contributed by atoms with E-state index in [0.29, 0.717) is 44.7 Å². The van der Waals surface area contributed by atoms with Gasteiger partial charge in [0.1, 0.15) is 5.82 Å². The molecule has 23 heavy (non-hydrogen) atoms. The molecule has 1 amide bonds. The molecule has 3 rings (SSSR count). The van der Waals surface area contributed by atoms with Gasteiger partial charge in [0.05, 0.1) is 11.7 Å². The van der Waals surface area contributed by atoms with Crippen molar-refractivity contribution in [3.05, 3.63) is 35.1 Å². The fraction of sp³-hybridized carbons (Fsp3) is 0.533. The third-order valence-corrected chi connectivity index (χ3v) is 4.35. The van der Waals surface area contributed by atoms with E-state index in [4.69, 9.17) is 0 Å². The molecule has 4 nitrogen and oxygen atoms in total. The Morgan fingerprint density at radius 2 is 1.91 bits per heavy atom. The van der Waals surface area contributed by atoms with Gasteiger partial charge in [0, 0.05) is 37.8 Å². The van der Waals surface area contributed by atoms with Gasteiger partial charge in [-0.1, -0.05) is 0 Å². The first-order chi connectivity index (χ1) is 10.7. The fourth-order valence-electron chi connectivity index (χ4n) is 3.26. The van der Waals surface area contributed by atoms with Crippen LogP contribution < -0.4 is 0 Å². The number of carbonyl (C=O) groups excluding carboxylic acids is 1. The van der Waals surface area contributed by atoms with Crippen LogP contribution in [0, 0.1) is 5.82 Å². The molecule has 2 aliphatic rings. The van der Waals surface area contributed by atoms with Crippen molar-refractivity contribution < 1.29 is 27.5 Å². The van der Waals surface area contributed by atoms with Crippen LogP contribution in [0.15, 0.2) is 18.2 Å². The quantitative estimate of drug-likeness (QED) is 0.797. The summed E-state index contributed by atoms with van der Waals surface area (Å²) in [4.78, 5) is 15.9. The summed E-state index contributed by atoms with van der Waals surface area (Å²) in [5, 5.41) is 9.64. The molecule has 0 spiro atoms. The van der Waals surface area contributed by atoms with Gasteiger partial charge in [0.2, 0.25) is 0 Å². The number of aliphatic hydroxyl groups is 1. The van der Waals surface area contributed by atoms with Crippen LogP contribution in [-0.4, -0.2) is 59.1 Å². The van der Waals surface area contributed by atoms with E-state index in [1.54, 1.807) is 0 Å². The van der Waals surface area contributed by atoms with E-state index >= 15 is 0 Å². The molecule has 2 saturated heterocycles. The zero-order chi connectivity index (χ0) is 16.8. The highest BCUT2D eigenvalue weighted by atomic mass is 19.4. The minimum absolute atomic E-state index is 0.00153. The van der Waals surface area contributed by atoms with Crippen LogP contribution in [0.3, 0.4) is 0 Å². The normalized spacial score (nSPS) is 25.5. The van der Waals surface area contributed by atoms with Crippen LogP contribution in [0.4, 0.5) is 17.6 Å². The zero-order valence-electron chi connectivity index (χ0n) is 12.2. The molecule has 8 heteroatoms. The lowest BCUT2D eigenvalue weighted by atomic mass is 10.1. The number of rotatable bonds is 1. The van der Waals surface area contributed by atoms with Crippen LogP contribution >= 0.6 is 0 Å². The zero-order valence-corrected chi connectivity index (χ0v) is 12.2. The van der Waals surface area contributed by atoms with E-state index in [2.05, 4.69) is 4.90 Å². The molecular formula is C15H16F4N2O2. The highest BCUT2D eigenvalue weighted by molar-refractivity contribution is 5.94. The summed E-state index contributed by atoms with van der Waals surface area (Å²) in [6, 6.07) is 1.88. The molecule has 0 aromatic heterocycles. The van der Waals surface area contributed by atoms with Crippen LogP contribution in [0.1, 0.15) is 22.3 Å². The third kappa shape index (κ3) is 3.32. The summed E-state index contributed by atoms with van der Waals surface area (Å²) in [5.41, 5.74) is -1.47. The number of hydrogen-bond donors (Lipinski definition) is 1. The van der Waals surface area contributed by atoms with E-state index in [1.165, 1.54) is 4.90 Å². The molecular weight excluding hydrogens is 316 g/mol. The molecule has 0 saturated carbocycles. The first-order valence-electron chi connectivity index (χ1n) is 7.33. The van der Waals surface area contributed by atoms with Gasteiger partial charge in [-0.3, -0.25) is 9.69 Å². The van der Waals surface area contributed by atoms with Gasteiger partial charge >= 0.3 is 6.18 Å². The van der Waals surface area contributed by atoms with Gasteiger partial charge in [-0.15, -0.1) is 0 Å². The first-order valence-corrected chi connectivity index (χ1v) is 7.33. The predicted molar refractivity (Wildman–Crippen MR) is 73.3 cm³/mol. The summed E-state index contributed by atoms with van der Waals surface area (Å²) in [6.07, 6.45) is -4.62. The van der Waals surface area contributed by atoms with Crippen molar-refractivity contribution in [2.45, 2.75) is 24.7 Å². The Morgan fingerprint density at radius 1 is 1.17 bits per heavy atom. The fourth-order valence-corrected chi connectivity index (χ4v) is 3.26. The number of hydrogen-bond acceptors (Lipinski definition) is 3. The summed E-state index contributed by atoms with van der Waals surface area (Å²) in [5.74, 6) is -1.70. The van der Waals surface area contributed by atoms with E-state index in [9.17, 15) is 27.5 Å². The van der Waals surface area contributed by atoms with Crippen LogP contribution in [0.25, 0.3) is 0 Å². The van der Waals surface area contributed by atoms with E-state index < -0.39 is 29.6 Å². The van der Waals surface area contributed by atoms with Crippen LogP contribution in [0.2, 0.25) is 0 Å². The topological polar surface area (TPSA) is 43.8 Å². The molecule has 1 N–H and O–H groups in total. The lowest BCUT2D eigenvalue weighted by molar-refractivity contribution is -0.137. The smallest absolute Gasteiger partial charge is 0.392 e. The highest BCUT2D eigenvalue weighted by Gasteiger charge is 2.37. The van der Waals surface area contributed by atoms with Gasteiger partial charge in [-0.2, -0.15) is 13.2 Å². The molecule has 0 bridgehead atoms. The number of aliphatic hydroxyl groups excluding tert-OH is 1. The number of amides is 1. The molecule has 2 fully saturated rings. The van der Waals surface area contributed by atoms with Gasteiger partial charge in [0.25, 0.3) is 5.91 Å². The minimum Gasteiger partial charge on any atom is -0.392 e. The number of nitrogens with zero attached hydrogens (tertiary/aromatic N) is 2. The minimum atomic E-state index is -4.70. The molecule has 126 valence electrons. The molecule has 2 heterocycles. The molecule has 2 atom stereocenters. The molecule has 1 aromatic rings. The predicted octanol–water partition coefficient (Wildman–Crippen LogP) is 1.74. The van der Waals surface area contributed by atoms with Crippen molar-refractivity contribution in [2.75, 3.05) is 26.2 Å². The van der Waals surface area contributed by atoms with E-state index in [0.717, 1.165) is 6.07 Å². The first kappa shape index (κ1) is 16.2. The maximum atomic E-state index is 13.4. The molecule has 1 aromatic carbocycles. The average Bonchev–Trinajstić information content (AvgIpc) is 2.84. The van der Waals surface area contributed by atoms with Gasteiger partial charge in [0.15, 0.2) is 0 Å². The van der Waals surface area contributed by atoms with Crippen LogP contribution in [0.5, 0.6) is 0 Å². The standard InChI is InChI=1S/C15H16F4N2O2/c16-11-4-9(3-10(5-11)15(17,18)19)14(23)21-2-1-20-8-13(22)6-12(20)7-21/h3-5,12-13,22H,1-2,6-8H2/t12-,13+/m0/s1. The molecule has 0 unspecified atom stereocenters. The number of carbonyl (C=O) groups is 1. The maximum Gasteiger partial charge on any atom is 0.416 e. The van der Waals surface area contributed by atoms with Gasteiger partial charge in [-0.25, -0.2) is 4.39 Å². The Hall–Kier alpha value is -1.67. The number of piperazine rings is 1. The second-order valence-corrected chi connectivity index (χ2v) is 6.02. The van der Waals surface area contributed by atoms with Crippen molar-refractivity contribution in [3.63, 3.8) is 0 Å². The van der Waals surface area contributed by atoms with Crippen molar-refractivity contribution >= 4 is 5.91 Å². The third-order valence-electron chi connectivity index (χ3n) is 4.35. The number of benzene rings is 1. The SMILES string of the molecule is O=C(c1cc(F)cc(C(F)(F)F)c1)N1CCN2C[C@H](O)C[C@H]2C1.